The van der Waals surface area contributed by atoms with E-state index < -0.39 is 15.4 Å². The van der Waals surface area contributed by atoms with Crippen molar-refractivity contribution in [2.24, 2.45) is 5.92 Å². The maximum absolute atomic E-state index is 12.7. The zero-order chi connectivity index (χ0) is 14.8. The number of hydrogen-bond donors (Lipinski definition) is 0. The van der Waals surface area contributed by atoms with Crippen molar-refractivity contribution in [3.63, 3.8) is 0 Å². The second-order valence-electron chi connectivity index (χ2n) is 6.20. The van der Waals surface area contributed by atoms with Crippen molar-refractivity contribution in [3.05, 3.63) is 0 Å². The fourth-order valence-electron chi connectivity index (χ4n) is 2.92. The van der Waals surface area contributed by atoms with E-state index in [9.17, 15) is 13.2 Å². The van der Waals surface area contributed by atoms with E-state index >= 15 is 0 Å². The average Bonchev–Trinajstić information content (AvgIpc) is 2.35. The van der Waals surface area contributed by atoms with Crippen molar-refractivity contribution >= 4 is 15.6 Å². The molecule has 3 unspecified atom stereocenters. The van der Waals surface area contributed by atoms with E-state index in [2.05, 4.69) is 0 Å². The standard InChI is InChI=1S/C14H27NO3S/c1-6-14(2,15(3)4)13(16)11-8-7-9-12(10-11)19(5,17)18/h11-12H,6-10H2,1-5H3. The van der Waals surface area contributed by atoms with Gasteiger partial charge in [0.05, 0.1) is 10.8 Å². The van der Waals surface area contributed by atoms with Crippen LogP contribution in [-0.4, -0.2) is 50.2 Å². The fraction of sp³-hybridized carbons (Fsp3) is 0.929. The highest BCUT2D eigenvalue weighted by Gasteiger charge is 2.41. The summed E-state index contributed by atoms with van der Waals surface area (Å²) in [7, 11) is 0.799. The molecule has 1 aliphatic rings. The average molecular weight is 289 g/mol. The summed E-state index contributed by atoms with van der Waals surface area (Å²) in [4.78, 5) is 14.7. The van der Waals surface area contributed by atoms with Gasteiger partial charge >= 0.3 is 0 Å². The second-order valence-corrected chi connectivity index (χ2v) is 8.53. The van der Waals surface area contributed by atoms with Gasteiger partial charge in [0.1, 0.15) is 9.84 Å². The summed E-state index contributed by atoms with van der Waals surface area (Å²) in [6.45, 7) is 3.97. The Morgan fingerprint density at radius 2 is 1.89 bits per heavy atom. The first-order valence-electron chi connectivity index (χ1n) is 7.03. The Kier molecular flexibility index (Phi) is 5.18. The lowest BCUT2D eigenvalue weighted by Gasteiger charge is -2.39. The minimum absolute atomic E-state index is 0.110. The molecule has 0 aromatic rings. The van der Waals surface area contributed by atoms with E-state index in [1.807, 2.05) is 32.8 Å². The van der Waals surface area contributed by atoms with Gasteiger partial charge in [0.15, 0.2) is 5.78 Å². The van der Waals surface area contributed by atoms with Crippen LogP contribution in [0.2, 0.25) is 0 Å². The van der Waals surface area contributed by atoms with E-state index in [0.29, 0.717) is 12.8 Å². The van der Waals surface area contributed by atoms with Gasteiger partial charge < -0.3 is 0 Å². The van der Waals surface area contributed by atoms with Crippen LogP contribution in [-0.2, 0) is 14.6 Å². The van der Waals surface area contributed by atoms with Crippen molar-refractivity contribution < 1.29 is 13.2 Å². The molecule has 1 rings (SSSR count). The third kappa shape index (κ3) is 3.57. The lowest BCUT2D eigenvalue weighted by molar-refractivity contribution is -0.134. The Hall–Kier alpha value is -0.420. The molecule has 1 fully saturated rings. The third-order valence-corrected chi connectivity index (χ3v) is 6.45. The molecule has 0 aliphatic heterocycles. The Labute approximate surface area is 117 Å². The number of carbonyl (C=O) groups is 1. The number of ketones is 1. The van der Waals surface area contributed by atoms with Gasteiger partial charge in [0, 0.05) is 12.2 Å². The lowest BCUT2D eigenvalue weighted by atomic mass is 9.77. The minimum atomic E-state index is -3.03. The first kappa shape index (κ1) is 16.6. The maximum atomic E-state index is 12.7. The molecule has 0 radical (unpaired) electrons. The number of likely N-dealkylation sites (N-methyl/N-ethyl adjacent to an activating group) is 1. The smallest absolute Gasteiger partial charge is 0.155 e. The molecule has 3 atom stereocenters. The number of sulfone groups is 1. The van der Waals surface area contributed by atoms with Crippen molar-refractivity contribution in [1.82, 2.24) is 4.90 Å². The lowest BCUT2D eigenvalue weighted by Crippen LogP contribution is -2.51. The van der Waals surface area contributed by atoms with Crippen LogP contribution in [0.5, 0.6) is 0 Å². The van der Waals surface area contributed by atoms with Gasteiger partial charge in [0.2, 0.25) is 0 Å². The Morgan fingerprint density at radius 1 is 1.32 bits per heavy atom. The van der Waals surface area contributed by atoms with Gasteiger partial charge in [-0.05, 0) is 46.7 Å². The monoisotopic (exact) mass is 289 g/mol. The zero-order valence-corrected chi connectivity index (χ0v) is 13.6. The van der Waals surface area contributed by atoms with Crippen LogP contribution < -0.4 is 0 Å². The number of hydrogen-bond acceptors (Lipinski definition) is 4. The van der Waals surface area contributed by atoms with E-state index in [4.69, 9.17) is 0 Å². The second kappa shape index (κ2) is 5.92. The molecular weight excluding hydrogens is 262 g/mol. The first-order chi connectivity index (χ1) is 8.63. The molecule has 0 saturated heterocycles. The van der Waals surface area contributed by atoms with Crippen LogP contribution >= 0.6 is 0 Å². The molecule has 112 valence electrons. The molecule has 4 nitrogen and oxygen atoms in total. The van der Waals surface area contributed by atoms with Gasteiger partial charge in [-0.3, -0.25) is 9.69 Å². The first-order valence-corrected chi connectivity index (χ1v) is 8.99. The molecule has 1 aliphatic carbocycles. The highest BCUT2D eigenvalue weighted by molar-refractivity contribution is 7.91. The number of carbonyl (C=O) groups excluding carboxylic acids is 1. The summed E-state index contributed by atoms with van der Waals surface area (Å²) in [6, 6.07) is 0. The molecule has 5 heteroatoms. The molecule has 1 saturated carbocycles. The predicted molar refractivity (Wildman–Crippen MR) is 78.0 cm³/mol. The Balaban J connectivity index is 2.88. The molecule has 0 aromatic carbocycles. The summed E-state index contributed by atoms with van der Waals surface area (Å²) in [6.07, 6.45) is 4.90. The van der Waals surface area contributed by atoms with Gasteiger partial charge in [0.25, 0.3) is 0 Å². The molecule has 0 aromatic heterocycles. The SMILES string of the molecule is CCC(C)(C(=O)C1CCCC(S(C)(=O)=O)C1)N(C)C. The maximum Gasteiger partial charge on any atom is 0.155 e. The van der Waals surface area contributed by atoms with Crippen LogP contribution in [0.3, 0.4) is 0 Å². The fourth-order valence-corrected chi connectivity index (χ4v) is 4.10. The topological polar surface area (TPSA) is 54.5 Å². The van der Waals surface area contributed by atoms with Crippen LogP contribution in [0.1, 0.15) is 46.0 Å². The third-order valence-electron chi connectivity index (χ3n) is 4.81. The molecule has 0 N–H and O–H groups in total. The largest absolute Gasteiger partial charge is 0.297 e. The van der Waals surface area contributed by atoms with Gasteiger partial charge in [-0.1, -0.05) is 13.3 Å². The van der Waals surface area contributed by atoms with Crippen LogP contribution in [0, 0.1) is 5.92 Å². The Bertz CT molecular complexity index is 430. The predicted octanol–water partition coefficient (Wildman–Crippen LogP) is 1.89. The van der Waals surface area contributed by atoms with Crippen molar-refractivity contribution in [1.29, 1.82) is 0 Å². The summed E-state index contributed by atoms with van der Waals surface area (Å²) in [5.74, 6) is 0.0918. The van der Waals surface area contributed by atoms with E-state index in [1.54, 1.807) is 0 Å². The summed E-state index contributed by atoms with van der Waals surface area (Å²) < 4.78 is 23.4. The van der Waals surface area contributed by atoms with Gasteiger partial charge in [-0.15, -0.1) is 0 Å². The molecule has 0 bridgehead atoms. The number of nitrogens with zero attached hydrogens (tertiary/aromatic N) is 1. The van der Waals surface area contributed by atoms with Crippen LogP contribution in [0.15, 0.2) is 0 Å². The molecular formula is C14H27NO3S. The van der Waals surface area contributed by atoms with Crippen molar-refractivity contribution in [2.45, 2.75) is 56.7 Å². The van der Waals surface area contributed by atoms with E-state index in [0.717, 1.165) is 19.3 Å². The van der Waals surface area contributed by atoms with Gasteiger partial charge in [-0.2, -0.15) is 0 Å². The zero-order valence-electron chi connectivity index (χ0n) is 12.8. The normalized spacial score (nSPS) is 28.1. The Morgan fingerprint density at radius 3 is 2.32 bits per heavy atom. The van der Waals surface area contributed by atoms with E-state index in [-0.39, 0.29) is 17.0 Å². The summed E-state index contributed by atoms with van der Waals surface area (Å²) in [5.41, 5.74) is -0.482. The molecule has 0 amide bonds. The summed E-state index contributed by atoms with van der Waals surface area (Å²) in [5, 5.41) is -0.335. The highest BCUT2D eigenvalue weighted by atomic mass is 32.2. The van der Waals surface area contributed by atoms with Crippen molar-refractivity contribution in [2.75, 3.05) is 20.4 Å². The number of rotatable bonds is 5. The van der Waals surface area contributed by atoms with Crippen LogP contribution in [0.25, 0.3) is 0 Å². The quantitative estimate of drug-likeness (QED) is 0.775. The number of Topliss-reactive ketones (excluding diaryl/α,β-unsaturated/α-hetero) is 1. The minimum Gasteiger partial charge on any atom is -0.297 e. The molecule has 0 heterocycles. The van der Waals surface area contributed by atoms with E-state index in [1.165, 1.54) is 6.26 Å². The van der Waals surface area contributed by atoms with Gasteiger partial charge in [-0.25, -0.2) is 8.42 Å². The molecule has 19 heavy (non-hydrogen) atoms. The van der Waals surface area contributed by atoms with Crippen molar-refractivity contribution in [3.8, 4) is 0 Å². The molecule has 0 spiro atoms. The highest BCUT2D eigenvalue weighted by Crippen LogP contribution is 2.33. The summed E-state index contributed by atoms with van der Waals surface area (Å²) >= 11 is 0. The van der Waals surface area contributed by atoms with Crippen LogP contribution in [0.4, 0.5) is 0 Å².